The maximum Gasteiger partial charge on any atom is 0.339 e. The van der Waals surface area contributed by atoms with Gasteiger partial charge in [0.05, 0.1) is 24.1 Å². The zero-order valence-corrected chi connectivity index (χ0v) is 25.1. The predicted octanol–water partition coefficient (Wildman–Crippen LogP) is 6.77. The second kappa shape index (κ2) is 14.7. The first-order valence-corrected chi connectivity index (χ1v) is 15.0. The van der Waals surface area contributed by atoms with E-state index >= 15 is 0 Å². The van der Waals surface area contributed by atoms with Gasteiger partial charge in [-0.05, 0) is 64.9 Å². The standard InChI is InChI=1S/C36H29N3O5S/c1-44-36(43)30-19-7-8-20-31(30)38-33(40)23-45-28-17-10-16-27(22-28)37-35(42)32(39-34(41)25-12-3-2-4-13-25)21-26-15-9-14-24-11-5-6-18-29(24)26/h2-22H,23H2,1H3,(H,37,42)(H,38,40)(H,39,41)/b32-21+. The van der Waals surface area contributed by atoms with Crippen molar-refractivity contribution in [2.45, 2.75) is 4.90 Å². The third-order valence-electron chi connectivity index (χ3n) is 6.72. The molecule has 0 aliphatic rings. The topological polar surface area (TPSA) is 114 Å². The molecule has 3 amide bonds. The number of para-hydroxylation sites is 1. The van der Waals surface area contributed by atoms with Gasteiger partial charge in [-0.3, -0.25) is 14.4 Å². The number of esters is 1. The molecule has 8 nitrogen and oxygen atoms in total. The van der Waals surface area contributed by atoms with Crippen LogP contribution in [0.1, 0.15) is 26.3 Å². The molecule has 0 aromatic heterocycles. The minimum atomic E-state index is -0.546. The average molecular weight is 616 g/mol. The molecule has 0 spiro atoms. The van der Waals surface area contributed by atoms with Crippen molar-refractivity contribution in [3.05, 3.63) is 144 Å². The summed E-state index contributed by atoms with van der Waals surface area (Å²) in [5.74, 6) is -1.72. The number of thioether (sulfide) groups is 1. The van der Waals surface area contributed by atoms with Crippen molar-refractivity contribution < 1.29 is 23.9 Å². The summed E-state index contributed by atoms with van der Waals surface area (Å²) in [5.41, 5.74) is 2.37. The molecular formula is C36H29N3O5S. The van der Waals surface area contributed by atoms with E-state index in [-0.39, 0.29) is 22.9 Å². The van der Waals surface area contributed by atoms with E-state index in [2.05, 4.69) is 16.0 Å². The fourth-order valence-corrected chi connectivity index (χ4v) is 5.31. The zero-order valence-electron chi connectivity index (χ0n) is 24.3. The minimum absolute atomic E-state index is 0.0618. The molecule has 0 saturated carbocycles. The quantitative estimate of drug-likeness (QED) is 0.0908. The molecule has 0 aliphatic carbocycles. The third-order valence-corrected chi connectivity index (χ3v) is 7.71. The molecule has 0 heterocycles. The summed E-state index contributed by atoms with van der Waals surface area (Å²) in [6, 6.07) is 35.9. The van der Waals surface area contributed by atoms with Gasteiger partial charge in [0.15, 0.2) is 0 Å². The Morgan fingerprint density at radius 1 is 0.756 bits per heavy atom. The number of hydrogen-bond acceptors (Lipinski definition) is 6. The first-order chi connectivity index (χ1) is 21.9. The van der Waals surface area contributed by atoms with Gasteiger partial charge < -0.3 is 20.7 Å². The Hall–Kier alpha value is -5.67. The molecule has 0 aliphatic heterocycles. The van der Waals surface area contributed by atoms with Crippen LogP contribution in [0.15, 0.2) is 132 Å². The highest BCUT2D eigenvalue weighted by Crippen LogP contribution is 2.24. The van der Waals surface area contributed by atoms with Crippen molar-refractivity contribution in [3.63, 3.8) is 0 Å². The van der Waals surface area contributed by atoms with Crippen molar-refractivity contribution in [1.29, 1.82) is 0 Å². The number of hydrogen-bond donors (Lipinski definition) is 3. The molecule has 9 heteroatoms. The largest absolute Gasteiger partial charge is 0.465 e. The molecular weight excluding hydrogens is 586 g/mol. The molecule has 0 bridgehead atoms. The first-order valence-electron chi connectivity index (χ1n) is 14.0. The lowest BCUT2D eigenvalue weighted by Crippen LogP contribution is -2.30. The molecule has 5 aromatic rings. The second-order valence-corrected chi connectivity index (χ2v) is 10.9. The summed E-state index contributed by atoms with van der Waals surface area (Å²) < 4.78 is 4.79. The van der Waals surface area contributed by atoms with Crippen molar-refractivity contribution in [2.75, 3.05) is 23.5 Å². The molecule has 0 saturated heterocycles. The summed E-state index contributed by atoms with van der Waals surface area (Å²) in [5, 5.41) is 10.3. The van der Waals surface area contributed by atoms with Gasteiger partial charge in [-0.25, -0.2) is 4.79 Å². The molecule has 0 unspecified atom stereocenters. The van der Waals surface area contributed by atoms with Crippen LogP contribution in [0.3, 0.4) is 0 Å². The number of amides is 3. The lowest BCUT2D eigenvalue weighted by molar-refractivity contribution is -0.114. The van der Waals surface area contributed by atoms with Crippen molar-refractivity contribution in [3.8, 4) is 0 Å². The summed E-state index contributed by atoms with van der Waals surface area (Å²) in [7, 11) is 1.28. The Morgan fingerprint density at radius 3 is 2.29 bits per heavy atom. The Bertz CT molecular complexity index is 1900. The summed E-state index contributed by atoms with van der Waals surface area (Å²) in [4.78, 5) is 52.1. The fourth-order valence-electron chi connectivity index (χ4n) is 4.55. The number of carbonyl (C=O) groups is 4. The van der Waals surface area contributed by atoms with Crippen LogP contribution >= 0.6 is 11.8 Å². The van der Waals surface area contributed by atoms with E-state index in [4.69, 9.17) is 4.74 Å². The number of benzene rings is 5. The Kier molecular flexibility index (Phi) is 10.0. The summed E-state index contributed by atoms with van der Waals surface area (Å²) in [6.07, 6.45) is 1.66. The van der Waals surface area contributed by atoms with Crippen LogP contribution in [0, 0.1) is 0 Å². The van der Waals surface area contributed by atoms with Gasteiger partial charge in [0, 0.05) is 16.1 Å². The maximum absolute atomic E-state index is 13.6. The van der Waals surface area contributed by atoms with Gasteiger partial charge >= 0.3 is 5.97 Å². The number of anilines is 2. The maximum atomic E-state index is 13.6. The van der Waals surface area contributed by atoms with Crippen LogP contribution in [-0.2, 0) is 14.3 Å². The molecule has 0 radical (unpaired) electrons. The van der Waals surface area contributed by atoms with Gasteiger partial charge in [0.2, 0.25) is 5.91 Å². The van der Waals surface area contributed by atoms with E-state index in [1.165, 1.54) is 18.9 Å². The fraction of sp³-hybridized carbons (Fsp3) is 0.0556. The Morgan fingerprint density at radius 2 is 1.47 bits per heavy atom. The van der Waals surface area contributed by atoms with Gasteiger partial charge in [-0.2, -0.15) is 0 Å². The normalized spacial score (nSPS) is 11.0. The van der Waals surface area contributed by atoms with Crippen LogP contribution in [0.25, 0.3) is 16.8 Å². The van der Waals surface area contributed by atoms with Crippen LogP contribution in [0.5, 0.6) is 0 Å². The van der Waals surface area contributed by atoms with Gasteiger partial charge in [-0.15, -0.1) is 11.8 Å². The van der Waals surface area contributed by atoms with E-state index in [9.17, 15) is 19.2 Å². The highest BCUT2D eigenvalue weighted by Gasteiger charge is 2.17. The van der Waals surface area contributed by atoms with Gasteiger partial charge in [0.25, 0.3) is 11.8 Å². The van der Waals surface area contributed by atoms with E-state index in [0.717, 1.165) is 21.2 Å². The number of fused-ring (bicyclic) bond motifs is 1. The number of ether oxygens (including phenoxy) is 1. The number of methoxy groups -OCH3 is 1. The number of nitrogens with one attached hydrogen (secondary N) is 3. The third kappa shape index (κ3) is 8.04. The highest BCUT2D eigenvalue weighted by molar-refractivity contribution is 8.00. The lowest BCUT2D eigenvalue weighted by Gasteiger charge is -2.13. The van der Waals surface area contributed by atoms with Crippen LogP contribution in [0.4, 0.5) is 11.4 Å². The number of rotatable bonds is 10. The highest BCUT2D eigenvalue weighted by atomic mass is 32.2. The number of carbonyl (C=O) groups excluding carboxylic acids is 4. The smallest absolute Gasteiger partial charge is 0.339 e. The SMILES string of the molecule is COC(=O)c1ccccc1NC(=O)CSc1cccc(NC(=O)/C(=C\c2cccc3ccccc23)NC(=O)c2ccccc2)c1. The zero-order chi connectivity index (χ0) is 31.6. The average Bonchev–Trinajstić information content (AvgIpc) is 3.07. The van der Waals surface area contributed by atoms with Crippen LogP contribution in [-0.4, -0.2) is 36.6 Å². The van der Waals surface area contributed by atoms with Crippen molar-refractivity contribution in [2.24, 2.45) is 0 Å². The molecule has 5 rings (SSSR count). The molecule has 5 aromatic carbocycles. The summed E-state index contributed by atoms with van der Waals surface area (Å²) in [6.45, 7) is 0. The van der Waals surface area contributed by atoms with Crippen LogP contribution < -0.4 is 16.0 Å². The second-order valence-electron chi connectivity index (χ2n) is 9.80. The molecule has 0 fully saturated rings. The van der Waals surface area contributed by atoms with E-state index in [0.29, 0.717) is 16.9 Å². The van der Waals surface area contributed by atoms with Crippen LogP contribution in [0.2, 0.25) is 0 Å². The molecule has 224 valence electrons. The Labute approximate surface area is 264 Å². The summed E-state index contributed by atoms with van der Waals surface area (Å²) >= 11 is 1.27. The van der Waals surface area contributed by atoms with E-state index in [1.807, 2.05) is 54.6 Å². The Balaban J connectivity index is 1.32. The first kappa shape index (κ1) is 30.8. The van der Waals surface area contributed by atoms with Gasteiger partial charge in [0.1, 0.15) is 5.70 Å². The lowest BCUT2D eigenvalue weighted by atomic mass is 10.0. The monoisotopic (exact) mass is 615 g/mol. The van der Waals surface area contributed by atoms with E-state index in [1.54, 1.807) is 72.8 Å². The van der Waals surface area contributed by atoms with E-state index < -0.39 is 17.8 Å². The minimum Gasteiger partial charge on any atom is -0.465 e. The van der Waals surface area contributed by atoms with Crippen molar-refractivity contribution in [1.82, 2.24) is 5.32 Å². The predicted molar refractivity (Wildman–Crippen MR) is 178 cm³/mol. The molecule has 45 heavy (non-hydrogen) atoms. The van der Waals surface area contributed by atoms with Crippen molar-refractivity contribution >= 4 is 63.7 Å². The van der Waals surface area contributed by atoms with Gasteiger partial charge in [-0.1, -0.05) is 78.9 Å². The molecule has 0 atom stereocenters. The molecule has 3 N–H and O–H groups in total.